The molecule has 3 aliphatic heterocycles. The zero-order valence-corrected chi connectivity index (χ0v) is 50.5. The average molecular weight is 1170 g/mol. The van der Waals surface area contributed by atoms with Crippen molar-refractivity contribution in [1.82, 2.24) is 34.9 Å². The van der Waals surface area contributed by atoms with Crippen LogP contribution >= 0.6 is 0 Å². The van der Waals surface area contributed by atoms with Gasteiger partial charge in [-0.15, -0.1) is 10.2 Å². The molecule has 464 valence electrons. The minimum atomic E-state index is -1.98. The number of alkyl halides is 1. The number of nitrogens with zero attached hydrogens (tertiary/aromatic N) is 8. The third-order valence-electron chi connectivity index (χ3n) is 17.3. The molecule has 0 bridgehead atoms. The molecule has 3 saturated heterocycles. The summed E-state index contributed by atoms with van der Waals surface area (Å²) in [6, 6.07) is 5.96. The maximum atomic E-state index is 15.0. The first-order chi connectivity index (χ1) is 38.8. The number of rotatable bonds is 22. The van der Waals surface area contributed by atoms with Gasteiger partial charge in [-0.1, -0.05) is 55.4 Å². The Hall–Kier alpha value is -4.19. The zero-order chi connectivity index (χ0) is 60.4. The van der Waals surface area contributed by atoms with Crippen molar-refractivity contribution in [2.24, 2.45) is 28.8 Å². The number of halogens is 1. The summed E-state index contributed by atoms with van der Waals surface area (Å²) in [6.45, 7) is 16.8. The molecule has 6 rings (SSSR count). The average Bonchev–Trinajstić information content (AvgIpc) is 4.29. The van der Waals surface area contributed by atoms with E-state index in [4.69, 9.17) is 47.5 Å². The van der Waals surface area contributed by atoms with Crippen molar-refractivity contribution in [3.63, 3.8) is 0 Å². The van der Waals surface area contributed by atoms with Crippen LogP contribution in [0.15, 0.2) is 41.8 Å². The number of hydrogen-bond acceptors (Lipinski definition) is 22. The van der Waals surface area contributed by atoms with Gasteiger partial charge in [-0.3, -0.25) is 4.79 Å². The summed E-state index contributed by atoms with van der Waals surface area (Å²) in [5.74, 6) is -4.04. The van der Waals surface area contributed by atoms with Gasteiger partial charge in [0.05, 0.1) is 76.6 Å². The number of cyclic esters (lactones) is 1. The van der Waals surface area contributed by atoms with Crippen LogP contribution in [0.3, 0.4) is 0 Å². The van der Waals surface area contributed by atoms with E-state index >= 15 is 4.39 Å². The number of benzene rings is 1. The highest BCUT2D eigenvalue weighted by molar-refractivity contribution is 5.88. The predicted octanol–water partition coefficient (Wildman–Crippen LogP) is 4.07. The molecule has 82 heavy (non-hydrogen) atoms. The normalized spacial score (nSPS) is 36.7. The van der Waals surface area contributed by atoms with Crippen LogP contribution in [0, 0.1) is 23.7 Å². The Morgan fingerprint density at radius 3 is 2.17 bits per heavy atom. The second-order valence-corrected chi connectivity index (χ2v) is 23.3. The molecule has 20 atom stereocenters. The Morgan fingerprint density at radius 1 is 0.878 bits per heavy atom. The number of aromatic nitrogens is 6. The van der Waals surface area contributed by atoms with Gasteiger partial charge in [0, 0.05) is 90.8 Å². The number of carbonyl (C=O) groups excluding carboxylic acids is 1. The van der Waals surface area contributed by atoms with E-state index in [0.717, 1.165) is 5.69 Å². The van der Waals surface area contributed by atoms with Gasteiger partial charge in [-0.05, 0) is 85.5 Å². The molecule has 0 radical (unpaired) electrons. The first-order valence-corrected chi connectivity index (χ1v) is 28.5. The van der Waals surface area contributed by atoms with E-state index in [-0.39, 0.29) is 32.7 Å². The van der Waals surface area contributed by atoms with Crippen molar-refractivity contribution < 1.29 is 82.2 Å². The molecule has 3 fully saturated rings. The largest absolute Gasteiger partial charge is 0.459 e. The number of aliphatic hydroxyl groups is 5. The number of oxime groups is 1. The number of aliphatic hydroxyl groups excluding tert-OH is 4. The monoisotopic (exact) mass is 1160 g/mol. The summed E-state index contributed by atoms with van der Waals surface area (Å²) in [5, 5.41) is 78.6. The summed E-state index contributed by atoms with van der Waals surface area (Å²) >= 11 is 0. The second kappa shape index (κ2) is 29.3. The predicted molar refractivity (Wildman–Crippen MR) is 296 cm³/mol. The molecule has 0 amide bonds. The number of hydrogen-bond donors (Lipinski definition) is 5. The maximum absolute atomic E-state index is 15.0. The SMILES string of the molecule is CC[C@H]1OC(=O)[C@H](C)[C@@H](O[C@H]2C[C@@](C)(OC)[C@@H](O)[C@H](C)O2)[C@H](C)[C@@H](O[C@@H]2O[C@H](C)C[C@H](N(C)CCc3cn([C@H](CF)[C@H](OC)c4ccc(-n5cc(CCO)nn5)cc4)nn3)[C@H]2O)[C@](C)(OC)C[C@@H](C)/C(=N\OCOC)[C@H](C)[C@@H](O)[C@]1(C)O. The van der Waals surface area contributed by atoms with Crippen molar-refractivity contribution in [2.75, 3.05) is 62.1 Å². The summed E-state index contributed by atoms with van der Waals surface area (Å²) in [5.41, 5.74) is -1.36. The Labute approximate surface area is 481 Å². The molecule has 0 aliphatic carbocycles. The highest BCUT2D eigenvalue weighted by Gasteiger charge is 2.54. The van der Waals surface area contributed by atoms with Crippen molar-refractivity contribution in [3.05, 3.63) is 53.6 Å². The van der Waals surface area contributed by atoms with E-state index in [2.05, 4.69) is 25.8 Å². The smallest absolute Gasteiger partial charge is 0.311 e. The van der Waals surface area contributed by atoms with Gasteiger partial charge in [0.25, 0.3) is 0 Å². The molecule has 5 N–H and O–H groups in total. The fourth-order valence-electron chi connectivity index (χ4n) is 12.2. The van der Waals surface area contributed by atoms with Gasteiger partial charge < -0.3 is 77.9 Å². The minimum absolute atomic E-state index is 0.0423. The van der Waals surface area contributed by atoms with E-state index in [0.29, 0.717) is 48.5 Å². The Kier molecular flexibility index (Phi) is 23.9. The Morgan fingerprint density at radius 2 is 1.55 bits per heavy atom. The van der Waals surface area contributed by atoms with Crippen LogP contribution in [0.4, 0.5) is 4.39 Å². The summed E-state index contributed by atoms with van der Waals surface area (Å²) in [6.07, 6.45) is -6.29. The van der Waals surface area contributed by atoms with E-state index < -0.39 is 133 Å². The maximum Gasteiger partial charge on any atom is 0.311 e. The quantitative estimate of drug-likeness (QED) is 0.0410. The van der Waals surface area contributed by atoms with Crippen molar-refractivity contribution >= 4 is 11.7 Å². The summed E-state index contributed by atoms with van der Waals surface area (Å²) < 4.78 is 74.6. The zero-order valence-electron chi connectivity index (χ0n) is 50.5. The van der Waals surface area contributed by atoms with E-state index in [1.807, 2.05) is 63.9 Å². The van der Waals surface area contributed by atoms with Crippen LogP contribution in [-0.4, -0.2) is 218 Å². The van der Waals surface area contributed by atoms with Gasteiger partial charge >= 0.3 is 5.97 Å². The van der Waals surface area contributed by atoms with E-state index in [9.17, 15) is 30.3 Å². The van der Waals surface area contributed by atoms with Crippen LogP contribution in [0.5, 0.6) is 0 Å². The lowest BCUT2D eigenvalue weighted by Gasteiger charge is -2.50. The van der Waals surface area contributed by atoms with Crippen molar-refractivity contribution in [1.29, 1.82) is 0 Å². The standard InChI is InChI=1S/C57H93FN8O16/c1-16-44-57(10,72)50(69)34(4)46(61-77-31-73-12)32(2)26-56(9,76-15)52(35(5)48(36(6)53(71)80-44)81-45-27-55(8,75-14)51(70)37(7)79-45)82-54-47(68)42(25-33(3)78-54)64(11)23-21-39-30-66(63-59-39)43(28-58)49(74-13)38-17-19-41(20-18-38)65-29-40(22-24-67)60-62-65/h17-20,29-30,32-37,42-45,47-52,54,67-70,72H,16,21-28,31H2,1-15H3/b61-46+/t32-,33-,34+,35+,36-,37+,42+,43-,44-,45+,47-,48+,49-,50-,51+,52-,54+,55-,56-,57-/m1/s1. The molecule has 3 aliphatic rings. The van der Waals surface area contributed by atoms with Crippen LogP contribution in [-0.2, 0) is 65.1 Å². The fraction of sp³-hybridized carbons (Fsp3) is 0.789. The molecule has 3 aromatic rings. The first kappa shape index (κ1) is 66.9. The lowest BCUT2D eigenvalue weighted by molar-refractivity contribution is -0.319. The van der Waals surface area contributed by atoms with Gasteiger partial charge in [0.15, 0.2) is 12.6 Å². The molecular formula is C57H93FN8O16. The molecule has 5 heterocycles. The summed E-state index contributed by atoms with van der Waals surface area (Å²) in [7, 11) is 7.88. The lowest BCUT2D eigenvalue weighted by atomic mass is 9.73. The Bertz CT molecular complexity index is 2470. The molecule has 0 saturated carbocycles. The molecule has 24 nitrogen and oxygen atoms in total. The number of methoxy groups -OCH3 is 4. The first-order valence-electron chi connectivity index (χ1n) is 28.5. The lowest BCUT2D eigenvalue weighted by Crippen LogP contribution is -2.61. The second-order valence-electron chi connectivity index (χ2n) is 23.3. The molecule has 1 aromatic carbocycles. The molecule has 0 spiro atoms. The number of likely N-dealkylation sites (N-methyl/N-ethyl adjacent to an activating group) is 1. The molecule has 0 unspecified atom stereocenters. The van der Waals surface area contributed by atoms with E-state index in [1.165, 1.54) is 40.0 Å². The van der Waals surface area contributed by atoms with Crippen LogP contribution in [0.2, 0.25) is 0 Å². The fourth-order valence-corrected chi connectivity index (χ4v) is 12.2. The molecule has 2 aromatic heterocycles. The van der Waals surface area contributed by atoms with E-state index in [1.54, 1.807) is 51.7 Å². The van der Waals surface area contributed by atoms with Crippen molar-refractivity contribution in [3.8, 4) is 5.69 Å². The van der Waals surface area contributed by atoms with Gasteiger partial charge in [0.1, 0.15) is 42.7 Å². The third-order valence-corrected chi connectivity index (χ3v) is 17.3. The minimum Gasteiger partial charge on any atom is -0.459 e. The Balaban J connectivity index is 1.29. The number of ether oxygens (including phenoxy) is 9. The molecule has 25 heteroatoms. The highest BCUT2D eigenvalue weighted by atomic mass is 19.1. The topological polar surface area (TPSA) is 288 Å². The van der Waals surface area contributed by atoms with Crippen LogP contribution in [0.25, 0.3) is 5.69 Å². The van der Waals surface area contributed by atoms with Crippen LogP contribution in [0.1, 0.15) is 124 Å². The molecular weight excluding hydrogens is 1070 g/mol. The van der Waals surface area contributed by atoms with Crippen molar-refractivity contribution in [2.45, 2.75) is 204 Å². The number of carbonyl (C=O) groups is 1. The van der Waals surface area contributed by atoms with Crippen LogP contribution < -0.4 is 0 Å². The van der Waals surface area contributed by atoms with Gasteiger partial charge in [0.2, 0.25) is 6.79 Å². The number of esters is 1. The third kappa shape index (κ3) is 15.2. The highest BCUT2D eigenvalue weighted by Crippen LogP contribution is 2.42. The van der Waals surface area contributed by atoms with Gasteiger partial charge in [-0.2, -0.15) is 0 Å². The van der Waals surface area contributed by atoms with Gasteiger partial charge in [-0.25, -0.2) is 13.8 Å². The summed E-state index contributed by atoms with van der Waals surface area (Å²) in [4.78, 5) is 22.3.